The maximum absolute atomic E-state index is 11.4. The molecule has 0 aliphatic carbocycles. The summed E-state index contributed by atoms with van der Waals surface area (Å²) < 4.78 is 10.5. The van der Waals surface area contributed by atoms with E-state index in [2.05, 4.69) is 0 Å². The molecule has 104 valence electrons. The first-order valence-electron chi connectivity index (χ1n) is 6.35. The zero-order valence-corrected chi connectivity index (χ0v) is 11.3. The van der Waals surface area contributed by atoms with Crippen molar-refractivity contribution in [1.82, 2.24) is 4.90 Å². The van der Waals surface area contributed by atoms with Crippen LogP contribution in [0.25, 0.3) is 0 Å². The monoisotopic (exact) mass is 265 g/mol. The molecule has 1 aliphatic heterocycles. The van der Waals surface area contributed by atoms with E-state index in [0.717, 1.165) is 5.56 Å². The van der Waals surface area contributed by atoms with E-state index in [1.165, 1.54) is 0 Å². The maximum atomic E-state index is 11.4. The van der Waals surface area contributed by atoms with Crippen LogP contribution in [-0.4, -0.2) is 36.8 Å². The topological polar surface area (TPSA) is 59.0 Å². The zero-order chi connectivity index (χ0) is 13.8. The Bertz CT molecular complexity index is 459. The molecule has 1 aromatic carbocycles. The SMILES string of the molecule is CN(C)C(=O)CCCC(O)c1ccc2c(c1)OCO2. The second-order valence-corrected chi connectivity index (χ2v) is 4.81. The standard InChI is InChI=1S/C14H19NO4/c1-15(2)14(17)5-3-4-11(16)10-6-7-12-13(8-10)19-9-18-12/h6-8,11,16H,3-5,9H2,1-2H3. The summed E-state index contributed by atoms with van der Waals surface area (Å²) in [5.74, 6) is 1.46. The first-order valence-corrected chi connectivity index (χ1v) is 6.35. The largest absolute Gasteiger partial charge is 0.454 e. The lowest BCUT2D eigenvalue weighted by molar-refractivity contribution is -0.128. The number of nitrogens with zero attached hydrogens (tertiary/aromatic N) is 1. The van der Waals surface area contributed by atoms with Crippen LogP contribution in [0.15, 0.2) is 18.2 Å². The van der Waals surface area contributed by atoms with Gasteiger partial charge in [-0.3, -0.25) is 4.79 Å². The second-order valence-electron chi connectivity index (χ2n) is 4.81. The van der Waals surface area contributed by atoms with Crippen molar-refractivity contribution in [2.24, 2.45) is 0 Å². The molecular formula is C14H19NO4. The van der Waals surface area contributed by atoms with Gasteiger partial charge in [0.05, 0.1) is 6.10 Å². The van der Waals surface area contributed by atoms with Crippen LogP contribution in [0.4, 0.5) is 0 Å². The summed E-state index contributed by atoms with van der Waals surface area (Å²) in [7, 11) is 3.47. The van der Waals surface area contributed by atoms with Gasteiger partial charge in [-0.15, -0.1) is 0 Å². The van der Waals surface area contributed by atoms with Crippen molar-refractivity contribution in [2.75, 3.05) is 20.9 Å². The van der Waals surface area contributed by atoms with Crippen LogP contribution in [-0.2, 0) is 4.79 Å². The number of ether oxygens (including phenoxy) is 2. The summed E-state index contributed by atoms with van der Waals surface area (Å²) in [5, 5.41) is 10.1. The molecule has 5 heteroatoms. The average Bonchev–Trinajstić information content (AvgIpc) is 2.85. The van der Waals surface area contributed by atoms with Gasteiger partial charge in [0, 0.05) is 20.5 Å². The third-order valence-corrected chi connectivity index (χ3v) is 3.15. The van der Waals surface area contributed by atoms with E-state index in [1.807, 2.05) is 6.07 Å². The minimum absolute atomic E-state index is 0.0814. The van der Waals surface area contributed by atoms with Gasteiger partial charge in [0.15, 0.2) is 11.5 Å². The van der Waals surface area contributed by atoms with Gasteiger partial charge in [-0.2, -0.15) is 0 Å². The number of amides is 1. The molecule has 0 spiro atoms. The van der Waals surface area contributed by atoms with Crippen LogP contribution < -0.4 is 9.47 Å². The van der Waals surface area contributed by atoms with Crippen molar-refractivity contribution in [3.05, 3.63) is 23.8 Å². The fraction of sp³-hybridized carbons (Fsp3) is 0.500. The molecule has 0 aromatic heterocycles. The molecule has 1 aromatic rings. The van der Waals surface area contributed by atoms with E-state index in [1.54, 1.807) is 31.1 Å². The smallest absolute Gasteiger partial charge is 0.231 e. The van der Waals surface area contributed by atoms with E-state index < -0.39 is 6.10 Å². The van der Waals surface area contributed by atoms with Gasteiger partial charge < -0.3 is 19.5 Å². The molecule has 1 N–H and O–H groups in total. The van der Waals surface area contributed by atoms with Gasteiger partial charge >= 0.3 is 0 Å². The van der Waals surface area contributed by atoms with Crippen LogP contribution in [0.1, 0.15) is 30.9 Å². The number of aliphatic hydroxyl groups excluding tert-OH is 1. The molecule has 1 amide bonds. The lowest BCUT2D eigenvalue weighted by atomic mass is 10.0. The lowest BCUT2D eigenvalue weighted by Crippen LogP contribution is -2.21. The summed E-state index contributed by atoms with van der Waals surface area (Å²) in [6.45, 7) is 0.228. The lowest BCUT2D eigenvalue weighted by Gasteiger charge is -2.13. The molecule has 0 bridgehead atoms. The molecule has 0 radical (unpaired) electrons. The van der Waals surface area contributed by atoms with Gasteiger partial charge in [0.25, 0.3) is 0 Å². The van der Waals surface area contributed by atoms with Gasteiger partial charge in [-0.05, 0) is 30.5 Å². The van der Waals surface area contributed by atoms with E-state index in [0.29, 0.717) is 30.8 Å². The minimum Gasteiger partial charge on any atom is -0.454 e. The molecule has 0 saturated heterocycles. The third-order valence-electron chi connectivity index (χ3n) is 3.15. The molecular weight excluding hydrogens is 246 g/mol. The third kappa shape index (κ3) is 3.38. The Morgan fingerprint density at radius 3 is 2.84 bits per heavy atom. The number of rotatable bonds is 5. The Kier molecular flexibility index (Phi) is 4.27. The van der Waals surface area contributed by atoms with Crippen LogP contribution in [0.2, 0.25) is 0 Å². The van der Waals surface area contributed by atoms with Crippen molar-refractivity contribution in [1.29, 1.82) is 0 Å². The Balaban J connectivity index is 1.86. The molecule has 1 atom stereocenters. The van der Waals surface area contributed by atoms with Crippen molar-refractivity contribution >= 4 is 5.91 Å². The molecule has 1 aliphatic rings. The number of fused-ring (bicyclic) bond motifs is 1. The molecule has 0 fully saturated rings. The highest BCUT2D eigenvalue weighted by atomic mass is 16.7. The number of carbonyl (C=O) groups excluding carboxylic acids is 1. The van der Waals surface area contributed by atoms with Crippen LogP contribution in [0.5, 0.6) is 11.5 Å². The van der Waals surface area contributed by atoms with Crippen LogP contribution in [0.3, 0.4) is 0 Å². The number of aliphatic hydroxyl groups is 1. The van der Waals surface area contributed by atoms with Crippen molar-refractivity contribution in [3.8, 4) is 11.5 Å². The van der Waals surface area contributed by atoms with Crippen LogP contribution in [0, 0.1) is 0 Å². The molecule has 0 saturated carbocycles. The van der Waals surface area contributed by atoms with Crippen molar-refractivity contribution < 1.29 is 19.4 Å². The van der Waals surface area contributed by atoms with E-state index >= 15 is 0 Å². The predicted octanol–water partition coefficient (Wildman–Crippen LogP) is 1.71. The van der Waals surface area contributed by atoms with Crippen LogP contribution >= 0.6 is 0 Å². The number of hydrogen-bond donors (Lipinski definition) is 1. The summed E-state index contributed by atoms with van der Waals surface area (Å²) in [4.78, 5) is 13.0. The van der Waals surface area contributed by atoms with Gasteiger partial charge in [-0.25, -0.2) is 0 Å². The second kappa shape index (κ2) is 5.93. The summed E-state index contributed by atoms with van der Waals surface area (Å²) in [6.07, 6.45) is 1.09. The Morgan fingerprint density at radius 2 is 2.11 bits per heavy atom. The first kappa shape index (κ1) is 13.7. The number of benzene rings is 1. The van der Waals surface area contributed by atoms with Gasteiger partial charge in [0.2, 0.25) is 12.7 Å². The van der Waals surface area contributed by atoms with E-state index in [-0.39, 0.29) is 12.7 Å². The van der Waals surface area contributed by atoms with Crippen molar-refractivity contribution in [3.63, 3.8) is 0 Å². The number of carbonyl (C=O) groups is 1. The average molecular weight is 265 g/mol. The van der Waals surface area contributed by atoms with Crippen molar-refractivity contribution in [2.45, 2.75) is 25.4 Å². The Hall–Kier alpha value is -1.75. The fourth-order valence-electron chi connectivity index (χ4n) is 1.96. The highest BCUT2D eigenvalue weighted by Crippen LogP contribution is 2.35. The normalized spacial score (nSPS) is 14.3. The first-order chi connectivity index (χ1) is 9.08. The van der Waals surface area contributed by atoms with E-state index in [9.17, 15) is 9.90 Å². The summed E-state index contributed by atoms with van der Waals surface area (Å²) in [6, 6.07) is 5.42. The molecule has 2 rings (SSSR count). The van der Waals surface area contributed by atoms with Gasteiger partial charge in [0.1, 0.15) is 0 Å². The predicted molar refractivity (Wildman–Crippen MR) is 70.1 cm³/mol. The maximum Gasteiger partial charge on any atom is 0.231 e. The van der Waals surface area contributed by atoms with E-state index in [4.69, 9.17) is 9.47 Å². The Morgan fingerprint density at radius 1 is 1.37 bits per heavy atom. The quantitative estimate of drug-likeness (QED) is 0.880. The Labute approximate surface area is 112 Å². The fourth-order valence-corrected chi connectivity index (χ4v) is 1.96. The summed E-state index contributed by atoms with van der Waals surface area (Å²) in [5.41, 5.74) is 0.793. The number of hydrogen-bond acceptors (Lipinski definition) is 4. The molecule has 5 nitrogen and oxygen atoms in total. The zero-order valence-electron chi connectivity index (χ0n) is 11.3. The highest BCUT2D eigenvalue weighted by Gasteiger charge is 2.16. The summed E-state index contributed by atoms with van der Waals surface area (Å²) >= 11 is 0. The molecule has 1 unspecified atom stereocenters. The minimum atomic E-state index is -0.579. The molecule has 19 heavy (non-hydrogen) atoms. The molecule has 1 heterocycles. The van der Waals surface area contributed by atoms with Gasteiger partial charge in [-0.1, -0.05) is 6.07 Å². The highest BCUT2D eigenvalue weighted by molar-refractivity contribution is 5.75.